The van der Waals surface area contributed by atoms with Crippen molar-refractivity contribution in [1.82, 2.24) is 4.98 Å². The van der Waals surface area contributed by atoms with E-state index in [-0.39, 0.29) is 11.9 Å². The number of hydrogen-bond acceptors (Lipinski definition) is 4. The minimum atomic E-state index is -0.344. The van der Waals surface area contributed by atoms with E-state index in [0.717, 1.165) is 0 Å². The fourth-order valence-electron chi connectivity index (χ4n) is 0.824. The van der Waals surface area contributed by atoms with Gasteiger partial charge in [0.2, 0.25) is 0 Å². The highest BCUT2D eigenvalue weighted by atomic mass is 16.5. The van der Waals surface area contributed by atoms with Gasteiger partial charge in [0.05, 0.1) is 18.2 Å². The molecule has 0 amide bonds. The minimum Gasteiger partial charge on any atom is -0.465 e. The molecule has 0 fully saturated rings. The Morgan fingerprint density at radius 1 is 1.83 bits per heavy atom. The average Bonchev–Trinajstić information content (AvgIpc) is 2.55. The van der Waals surface area contributed by atoms with Gasteiger partial charge >= 0.3 is 5.97 Å². The molecule has 0 aromatic carbocycles. The zero-order valence-corrected chi connectivity index (χ0v) is 7.11. The summed E-state index contributed by atoms with van der Waals surface area (Å²) in [5, 5.41) is 0. The van der Waals surface area contributed by atoms with E-state index in [0.29, 0.717) is 12.3 Å². The number of aromatic nitrogens is 1. The lowest BCUT2D eigenvalue weighted by atomic mass is 10.1. The van der Waals surface area contributed by atoms with Gasteiger partial charge in [-0.1, -0.05) is 0 Å². The number of rotatable bonds is 3. The maximum atomic E-state index is 11.1. The highest BCUT2D eigenvalue weighted by molar-refractivity contribution is 5.76. The SMILES string of the molecule is CCOC(=O)C(C)c1cocn1. The van der Waals surface area contributed by atoms with Crippen LogP contribution in [0.15, 0.2) is 17.1 Å². The van der Waals surface area contributed by atoms with Gasteiger partial charge in [0, 0.05) is 0 Å². The Morgan fingerprint density at radius 3 is 3.08 bits per heavy atom. The van der Waals surface area contributed by atoms with Crippen LogP contribution in [0, 0.1) is 0 Å². The lowest BCUT2D eigenvalue weighted by Gasteiger charge is -2.05. The smallest absolute Gasteiger partial charge is 0.314 e. The van der Waals surface area contributed by atoms with E-state index in [1.807, 2.05) is 0 Å². The molecule has 1 aromatic rings. The molecule has 1 heterocycles. The maximum absolute atomic E-state index is 11.1. The third-order valence-electron chi connectivity index (χ3n) is 1.54. The molecule has 0 aliphatic rings. The van der Waals surface area contributed by atoms with Gasteiger partial charge in [0.15, 0.2) is 6.39 Å². The molecule has 0 radical (unpaired) electrons. The van der Waals surface area contributed by atoms with Gasteiger partial charge < -0.3 is 9.15 Å². The van der Waals surface area contributed by atoms with Crippen molar-refractivity contribution < 1.29 is 13.9 Å². The van der Waals surface area contributed by atoms with Crippen molar-refractivity contribution in [1.29, 1.82) is 0 Å². The standard InChI is InChI=1S/C8H11NO3/c1-3-12-8(10)6(2)7-4-11-5-9-7/h4-6H,3H2,1-2H3. The first-order chi connectivity index (χ1) is 5.75. The second-order valence-electron chi connectivity index (χ2n) is 2.39. The maximum Gasteiger partial charge on any atom is 0.314 e. The van der Waals surface area contributed by atoms with Crippen LogP contribution in [0.2, 0.25) is 0 Å². The lowest BCUT2D eigenvalue weighted by molar-refractivity contribution is -0.144. The van der Waals surface area contributed by atoms with E-state index >= 15 is 0 Å². The summed E-state index contributed by atoms with van der Waals surface area (Å²) in [7, 11) is 0. The summed E-state index contributed by atoms with van der Waals surface area (Å²) in [5.41, 5.74) is 0.605. The Labute approximate surface area is 70.5 Å². The molecule has 0 N–H and O–H groups in total. The van der Waals surface area contributed by atoms with Gasteiger partial charge in [-0.05, 0) is 13.8 Å². The van der Waals surface area contributed by atoms with Gasteiger partial charge in [-0.2, -0.15) is 0 Å². The molecule has 4 heteroatoms. The number of nitrogens with zero attached hydrogens (tertiary/aromatic N) is 1. The van der Waals surface area contributed by atoms with Crippen LogP contribution in [-0.2, 0) is 9.53 Å². The van der Waals surface area contributed by atoms with Crippen molar-refractivity contribution in [2.45, 2.75) is 19.8 Å². The Kier molecular flexibility index (Phi) is 2.85. The molecular weight excluding hydrogens is 158 g/mol. The first kappa shape index (κ1) is 8.77. The van der Waals surface area contributed by atoms with Crippen LogP contribution < -0.4 is 0 Å². The predicted octanol–water partition coefficient (Wildman–Crippen LogP) is 1.34. The van der Waals surface area contributed by atoms with E-state index in [9.17, 15) is 4.79 Å². The number of carbonyl (C=O) groups excluding carboxylic acids is 1. The van der Waals surface area contributed by atoms with E-state index < -0.39 is 0 Å². The van der Waals surface area contributed by atoms with E-state index in [1.54, 1.807) is 13.8 Å². The monoisotopic (exact) mass is 169 g/mol. The zero-order valence-electron chi connectivity index (χ0n) is 7.11. The predicted molar refractivity (Wildman–Crippen MR) is 41.6 cm³/mol. The molecule has 0 aliphatic carbocycles. The van der Waals surface area contributed by atoms with Crippen LogP contribution in [-0.4, -0.2) is 17.6 Å². The van der Waals surface area contributed by atoms with Gasteiger partial charge in [0.1, 0.15) is 6.26 Å². The molecule has 0 aliphatic heterocycles. The molecule has 66 valence electrons. The van der Waals surface area contributed by atoms with E-state index in [2.05, 4.69) is 4.98 Å². The third kappa shape index (κ3) is 1.84. The van der Waals surface area contributed by atoms with Crippen molar-refractivity contribution in [2.75, 3.05) is 6.61 Å². The van der Waals surface area contributed by atoms with Gasteiger partial charge in [-0.3, -0.25) is 4.79 Å². The normalized spacial score (nSPS) is 12.5. The molecule has 1 rings (SSSR count). The highest BCUT2D eigenvalue weighted by Gasteiger charge is 2.18. The topological polar surface area (TPSA) is 52.3 Å². The first-order valence-corrected chi connectivity index (χ1v) is 3.80. The third-order valence-corrected chi connectivity index (χ3v) is 1.54. The van der Waals surface area contributed by atoms with Crippen molar-refractivity contribution in [3.63, 3.8) is 0 Å². The van der Waals surface area contributed by atoms with Crippen molar-refractivity contribution in [3.8, 4) is 0 Å². The quantitative estimate of drug-likeness (QED) is 0.641. The molecule has 12 heavy (non-hydrogen) atoms. The summed E-state index contributed by atoms with van der Waals surface area (Å²) in [5.74, 6) is -0.616. The van der Waals surface area contributed by atoms with Crippen LogP contribution in [0.25, 0.3) is 0 Å². The van der Waals surface area contributed by atoms with Crippen molar-refractivity contribution in [2.24, 2.45) is 0 Å². The summed E-state index contributed by atoms with van der Waals surface area (Å²) in [6.07, 6.45) is 2.74. The van der Waals surface area contributed by atoms with Crippen molar-refractivity contribution >= 4 is 5.97 Å². The number of oxazole rings is 1. The number of ether oxygens (including phenoxy) is 1. The first-order valence-electron chi connectivity index (χ1n) is 3.80. The summed E-state index contributed by atoms with van der Waals surface area (Å²) >= 11 is 0. The Balaban J connectivity index is 2.59. The zero-order chi connectivity index (χ0) is 8.97. The second-order valence-corrected chi connectivity index (χ2v) is 2.39. The Morgan fingerprint density at radius 2 is 2.58 bits per heavy atom. The molecule has 0 bridgehead atoms. The summed E-state index contributed by atoms with van der Waals surface area (Å²) in [6, 6.07) is 0. The molecule has 1 unspecified atom stereocenters. The Bertz CT molecular complexity index is 243. The summed E-state index contributed by atoms with van der Waals surface area (Å²) in [4.78, 5) is 15.0. The fourth-order valence-corrected chi connectivity index (χ4v) is 0.824. The van der Waals surface area contributed by atoms with Crippen LogP contribution >= 0.6 is 0 Å². The van der Waals surface area contributed by atoms with Crippen molar-refractivity contribution in [3.05, 3.63) is 18.4 Å². The fraction of sp³-hybridized carbons (Fsp3) is 0.500. The van der Waals surface area contributed by atoms with Gasteiger partial charge in [-0.25, -0.2) is 4.98 Å². The average molecular weight is 169 g/mol. The van der Waals surface area contributed by atoms with Crippen LogP contribution in [0.4, 0.5) is 0 Å². The molecule has 1 aromatic heterocycles. The number of carbonyl (C=O) groups is 1. The minimum absolute atomic E-state index is 0.272. The number of esters is 1. The van der Waals surface area contributed by atoms with E-state index in [4.69, 9.17) is 9.15 Å². The molecule has 0 spiro atoms. The second kappa shape index (κ2) is 3.90. The molecule has 4 nitrogen and oxygen atoms in total. The molecule has 0 saturated heterocycles. The molecular formula is C8H11NO3. The Hall–Kier alpha value is -1.32. The van der Waals surface area contributed by atoms with Crippen LogP contribution in [0.3, 0.4) is 0 Å². The van der Waals surface area contributed by atoms with Crippen LogP contribution in [0.1, 0.15) is 25.5 Å². The van der Waals surface area contributed by atoms with E-state index in [1.165, 1.54) is 12.7 Å². The summed E-state index contributed by atoms with van der Waals surface area (Å²) in [6.45, 7) is 3.89. The highest BCUT2D eigenvalue weighted by Crippen LogP contribution is 2.13. The van der Waals surface area contributed by atoms with Gasteiger partial charge in [-0.15, -0.1) is 0 Å². The number of hydrogen-bond donors (Lipinski definition) is 0. The largest absolute Gasteiger partial charge is 0.465 e. The summed E-state index contributed by atoms with van der Waals surface area (Å²) < 4.78 is 9.55. The molecule has 1 atom stereocenters. The van der Waals surface area contributed by atoms with Gasteiger partial charge in [0.25, 0.3) is 0 Å². The molecule has 0 saturated carbocycles. The van der Waals surface area contributed by atoms with Crippen LogP contribution in [0.5, 0.6) is 0 Å². The lowest BCUT2D eigenvalue weighted by Crippen LogP contribution is -2.13.